The third kappa shape index (κ3) is 4.28. The van der Waals surface area contributed by atoms with Gasteiger partial charge in [-0.3, -0.25) is 24.6 Å². The molecule has 0 radical (unpaired) electrons. The Morgan fingerprint density at radius 3 is 2.72 bits per heavy atom. The van der Waals surface area contributed by atoms with Crippen LogP contribution in [0.1, 0.15) is 20.3 Å². The number of benzene rings is 1. The van der Waals surface area contributed by atoms with E-state index in [2.05, 4.69) is 10.6 Å². The molecule has 1 aliphatic heterocycles. The van der Waals surface area contributed by atoms with E-state index in [4.69, 9.17) is 0 Å². The molecular weight excluding hydrogens is 335 g/mol. The fraction of sp³-hybridized carbons (Fsp3) is 0.400. The van der Waals surface area contributed by atoms with Crippen LogP contribution < -0.4 is 10.6 Å². The summed E-state index contributed by atoms with van der Waals surface area (Å²) in [6.07, 6.45) is 0.433. The van der Waals surface area contributed by atoms with Crippen LogP contribution in [0.3, 0.4) is 0 Å². The maximum atomic E-state index is 13.7. The quantitative estimate of drug-likeness (QED) is 0.458. The number of nitro groups is 1. The zero-order valence-corrected chi connectivity index (χ0v) is 13.6. The van der Waals surface area contributed by atoms with Gasteiger partial charge >= 0.3 is 6.03 Å². The second-order valence-corrected chi connectivity index (χ2v) is 6.03. The van der Waals surface area contributed by atoms with E-state index in [1.807, 2.05) is 13.8 Å². The van der Waals surface area contributed by atoms with Crippen LogP contribution in [0.4, 0.5) is 20.6 Å². The first-order chi connectivity index (χ1) is 11.7. The van der Waals surface area contributed by atoms with Crippen LogP contribution in [-0.2, 0) is 9.59 Å². The summed E-state index contributed by atoms with van der Waals surface area (Å²) in [7, 11) is 0. The van der Waals surface area contributed by atoms with Crippen molar-refractivity contribution in [1.82, 2.24) is 10.2 Å². The van der Waals surface area contributed by atoms with Gasteiger partial charge < -0.3 is 10.6 Å². The Labute approximate surface area is 142 Å². The van der Waals surface area contributed by atoms with Gasteiger partial charge in [0.25, 0.3) is 11.6 Å². The summed E-state index contributed by atoms with van der Waals surface area (Å²) in [4.78, 5) is 46.7. The lowest BCUT2D eigenvalue weighted by molar-refractivity contribution is -0.384. The molecule has 1 aliphatic rings. The fourth-order valence-corrected chi connectivity index (χ4v) is 2.41. The second-order valence-electron chi connectivity index (χ2n) is 6.03. The molecule has 0 unspecified atom stereocenters. The molecule has 2 N–H and O–H groups in total. The first kappa shape index (κ1) is 18.3. The highest BCUT2D eigenvalue weighted by Crippen LogP contribution is 2.21. The van der Waals surface area contributed by atoms with Gasteiger partial charge in [0.2, 0.25) is 5.91 Å². The van der Waals surface area contributed by atoms with Gasteiger partial charge in [-0.2, -0.15) is 0 Å². The SMILES string of the molecule is CC(C)C[C@@H]1NC(=O)N(CC(=O)Nc2cc([N+](=O)[O-])ccc2F)C1=O. The Morgan fingerprint density at radius 2 is 2.12 bits per heavy atom. The Kier molecular flexibility index (Phi) is 5.30. The molecule has 10 heteroatoms. The van der Waals surface area contributed by atoms with Gasteiger partial charge in [0.05, 0.1) is 10.6 Å². The lowest BCUT2D eigenvalue weighted by atomic mass is 10.0. The molecule has 0 bridgehead atoms. The lowest BCUT2D eigenvalue weighted by Gasteiger charge is -2.14. The van der Waals surface area contributed by atoms with E-state index in [1.165, 1.54) is 0 Å². The number of hydrogen-bond donors (Lipinski definition) is 2. The predicted molar refractivity (Wildman–Crippen MR) is 85.2 cm³/mol. The number of imide groups is 1. The van der Waals surface area contributed by atoms with Gasteiger partial charge in [-0.25, -0.2) is 9.18 Å². The number of halogens is 1. The Morgan fingerprint density at radius 1 is 1.44 bits per heavy atom. The zero-order chi connectivity index (χ0) is 18.7. The summed E-state index contributed by atoms with van der Waals surface area (Å²) in [6, 6.07) is 1.26. The molecular formula is C15H17FN4O5. The predicted octanol–water partition coefficient (Wildman–Crippen LogP) is 1.64. The number of nitrogens with one attached hydrogen (secondary N) is 2. The maximum Gasteiger partial charge on any atom is 0.325 e. The molecule has 0 aromatic heterocycles. The molecule has 1 atom stereocenters. The van der Waals surface area contributed by atoms with Crippen LogP contribution in [-0.4, -0.2) is 40.3 Å². The first-order valence-electron chi connectivity index (χ1n) is 7.54. The summed E-state index contributed by atoms with van der Waals surface area (Å²) < 4.78 is 13.7. The van der Waals surface area contributed by atoms with Gasteiger partial charge in [0.1, 0.15) is 18.4 Å². The molecule has 0 aliphatic carbocycles. The molecule has 2 rings (SSSR count). The van der Waals surface area contributed by atoms with Gasteiger partial charge in [0.15, 0.2) is 0 Å². The standard InChI is InChI=1S/C15H17FN4O5/c1-8(2)5-12-14(22)19(15(23)18-12)7-13(21)17-11-6-9(20(24)25)3-4-10(11)16/h3-4,6,8,12H,5,7H2,1-2H3,(H,17,21)(H,18,23)/t12-/m0/s1. The number of non-ortho nitro benzene ring substituents is 1. The number of nitro benzene ring substituents is 1. The number of urea groups is 1. The summed E-state index contributed by atoms with van der Waals surface area (Å²) in [6.45, 7) is 3.17. The van der Waals surface area contributed by atoms with Crippen molar-refractivity contribution in [3.63, 3.8) is 0 Å². The van der Waals surface area contributed by atoms with E-state index in [0.717, 1.165) is 23.1 Å². The van der Waals surface area contributed by atoms with E-state index in [9.17, 15) is 28.9 Å². The Hall–Kier alpha value is -3.04. The Balaban J connectivity index is 2.05. The van der Waals surface area contributed by atoms with Crippen molar-refractivity contribution in [2.45, 2.75) is 26.3 Å². The number of nitrogens with zero attached hydrogens (tertiary/aromatic N) is 2. The van der Waals surface area contributed by atoms with Gasteiger partial charge in [-0.1, -0.05) is 13.8 Å². The van der Waals surface area contributed by atoms with Crippen molar-refractivity contribution in [1.29, 1.82) is 0 Å². The van der Waals surface area contributed by atoms with Crippen molar-refractivity contribution >= 4 is 29.2 Å². The van der Waals surface area contributed by atoms with Gasteiger partial charge in [-0.15, -0.1) is 0 Å². The number of hydrogen-bond acceptors (Lipinski definition) is 5. The van der Waals surface area contributed by atoms with Crippen LogP contribution in [0.25, 0.3) is 0 Å². The smallest absolute Gasteiger partial charge is 0.325 e. The summed E-state index contributed by atoms with van der Waals surface area (Å²) in [5, 5.41) is 15.3. The second kappa shape index (κ2) is 7.24. The molecule has 1 saturated heterocycles. The molecule has 1 fully saturated rings. The molecule has 134 valence electrons. The van der Waals surface area contributed by atoms with Crippen molar-refractivity contribution in [3.8, 4) is 0 Å². The number of rotatable bonds is 6. The van der Waals surface area contributed by atoms with Crippen molar-refractivity contribution in [3.05, 3.63) is 34.1 Å². The first-order valence-corrected chi connectivity index (χ1v) is 7.54. The highest BCUT2D eigenvalue weighted by molar-refractivity contribution is 6.07. The topological polar surface area (TPSA) is 122 Å². The number of carbonyl (C=O) groups is 3. The average Bonchev–Trinajstić information content (AvgIpc) is 2.76. The molecule has 1 aromatic carbocycles. The normalized spacial score (nSPS) is 17.0. The van der Waals surface area contributed by atoms with Crippen LogP contribution in [0.5, 0.6) is 0 Å². The van der Waals surface area contributed by atoms with E-state index < -0.39 is 52.5 Å². The summed E-state index contributed by atoms with van der Waals surface area (Å²) in [5.74, 6) is -2.07. The van der Waals surface area contributed by atoms with E-state index in [-0.39, 0.29) is 5.92 Å². The minimum atomic E-state index is -0.867. The Bertz CT molecular complexity index is 737. The van der Waals surface area contributed by atoms with Crippen LogP contribution in [0, 0.1) is 21.8 Å². The van der Waals surface area contributed by atoms with Crippen LogP contribution in [0.15, 0.2) is 18.2 Å². The van der Waals surface area contributed by atoms with Crippen molar-refractivity contribution < 1.29 is 23.7 Å². The third-order valence-corrected chi connectivity index (χ3v) is 3.55. The van der Waals surface area contributed by atoms with E-state index in [1.54, 1.807) is 0 Å². The monoisotopic (exact) mass is 352 g/mol. The molecule has 1 heterocycles. The molecule has 25 heavy (non-hydrogen) atoms. The highest BCUT2D eigenvalue weighted by Gasteiger charge is 2.39. The summed E-state index contributed by atoms with van der Waals surface area (Å²) >= 11 is 0. The number of amides is 4. The molecule has 1 aromatic rings. The van der Waals surface area contributed by atoms with Gasteiger partial charge in [0, 0.05) is 12.1 Å². The van der Waals surface area contributed by atoms with Crippen molar-refractivity contribution in [2.75, 3.05) is 11.9 Å². The lowest BCUT2D eigenvalue weighted by Crippen LogP contribution is -2.38. The largest absolute Gasteiger partial charge is 0.326 e. The molecule has 0 spiro atoms. The summed E-state index contributed by atoms with van der Waals surface area (Å²) in [5.41, 5.74) is -0.798. The minimum Gasteiger partial charge on any atom is -0.326 e. The third-order valence-electron chi connectivity index (χ3n) is 3.55. The number of carbonyl (C=O) groups excluding carboxylic acids is 3. The zero-order valence-electron chi connectivity index (χ0n) is 13.6. The van der Waals surface area contributed by atoms with Gasteiger partial charge in [-0.05, 0) is 18.4 Å². The van der Waals surface area contributed by atoms with E-state index >= 15 is 0 Å². The fourth-order valence-electron chi connectivity index (χ4n) is 2.41. The van der Waals surface area contributed by atoms with Crippen molar-refractivity contribution in [2.24, 2.45) is 5.92 Å². The van der Waals surface area contributed by atoms with Crippen LogP contribution >= 0.6 is 0 Å². The molecule has 4 amide bonds. The molecule has 9 nitrogen and oxygen atoms in total. The molecule has 0 saturated carbocycles. The maximum absolute atomic E-state index is 13.7. The van der Waals surface area contributed by atoms with Crippen LogP contribution in [0.2, 0.25) is 0 Å². The number of anilines is 1. The minimum absolute atomic E-state index is 0.169. The average molecular weight is 352 g/mol. The van der Waals surface area contributed by atoms with E-state index in [0.29, 0.717) is 6.42 Å². The highest BCUT2D eigenvalue weighted by atomic mass is 19.1.